The third kappa shape index (κ3) is 5.53. The molecule has 122 valence electrons. The molecule has 0 aliphatic heterocycles. The zero-order valence-corrected chi connectivity index (χ0v) is 13.8. The third-order valence-corrected chi connectivity index (χ3v) is 4.11. The predicted octanol–water partition coefficient (Wildman–Crippen LogP) is 3.21. The fourth-order valence-corrected chi connectivity index (χ4v) is 2.72. The van der Waals surface area contributed by atoms with Crippen molar-refractivity contribution in [2.75, 3.05) is 19.6 Å². The van der Waals surface area contributed by atoms with E-state index in [1.54, 1.807) is 0 Å². The molecule has 0 bridgehead atoms. The third-order valence-electron chi connectivity index (χ3n) is 4.11. The normalized spacial score (nSPS) is 11.9. The van der Waals surface area contributed by atoms with E-state index in [9.17, 15) is 4.79 Å². The summed E-state index contributed by atoms with van der Waals surface area (Å²) in [5.74, 6) is 0.406. The fourth-order valence-electron chi connectivity index (χ4n) is 2.72. The summed E-state index contributed by atoms with van der Waals surface area (Å²) in [6.45, 7) is 3.94. The Kier molecular flexibility index (Phi) is 6.82. The van der Waals surface area contributed by atoms with Crippen LogP contribution in [-0.4, -0.2) is 30.4 Å². The highest BCUT2D eigenvalue weighted by Gasteiger charge is 2.17. The van der Waals surface area contributed by atoms with E-state index in [-0.39, 0.29) is 11.8 Å². The molecule has 2 N–H and O–H groups in total. The van der Waals surface area contributed by atoms with E-state index in [0.29, 0.717) is 19.5 Å². The minimum Gasteiger partial charge on any atom is -0.341 e. The quantitative estimate of drug-likeness (QED) is 0.814. The molecule has 23 heavy (non-hydrogen) atoms. The monoisotopic (exact) mass is 310 g/mol. The van der Waals surface area contributed by atoms with Gasteiger partial charge in [-0.1, -0.05) is 67.6 Å². The molecule has 0 fully saturated rings. The van der Waals surface area contributed by atoms with Gasteiger partial charge in [-0.05, 0) is 23.5 Å². The predicted molar refractivity (Wildman–Crippen MR) is 95.3 cm³/mol. The van der Waals surface area contributed by atoms with E-state index in [0.717, 1.165) is 13.0 Å². The maximum Gasteiger partial charge on any atom is 0.223 e. The summed E-state index contributed by atoms with van der Waals surface area (Å²) in [4.78, 5) is 14.5. The number of nitrogens with two attached hydrogens (primary N) is 1. The van der Waals surface area contributed by atoms with Gasteiger partial charge in [0.15, 0.2) is 0 Å². The van der Waals surface area contributed by atoms with Gasteiger partial charge in [-0.2, -0.15) is 0 Å². The smallest absolute Gasteiger partial charge is 0.223 e. The van der Waals surface area contributed by atoms with Gasteiger partial charge in [0, 0.05) is 26.1 Å². The summed E-state index contributed by atoms with van der Waals surface area (Å²) in [5, 5.41) is 0. The van der Waals surface area contributed by atoms with Crippen molar-refractivity contribution in [1.82, 2.24) is 4.90 Å². The average Bonchev–Trinajstić information content (AvgIpc) is 2.60. The SMILES string of the molecule is CC(CC(=O)N(CCN)CCc1ccccc1)c1ccccc1. The minimum absolute atomic E-state index is 0.183. The van der Waals surface area contributed by atoms with E-state index in [4.69, 9.17) is 5.73 Å². The Labute approximate surface area is 139 Å². The van der Waals surface area contributed by atoms with Crippen molar-refractivity contribution in [2.45, 2.75) is 25.7 Å². The first kappa shape index (κ1) is 17.2. The zero-order chi connectivity index (χ0) is 16.5. The van der Waals surface area contributed by atoms with Crippen LogP contribution >= 0.6 is 0 Å². The van der Waals surface area contributed by atoms with Crippen molar-refractivity contribution in [3.63, 3.8) is 0 Å². The van der Waals surface area contributed by atoms with Gasteiger partial charge in [0.05, 0.1) is 0 Å². The molecule has 0 aliphatic carbocycles. The molecule has 0 saturated carbocycles. The zero-order valence-electron chi connectivity index (χ0n) is 13.8. The topological polar surface area (TPSA) is 46.3 Å². The van der Waals surface area contributed by atoms with Crippen molar-refractivity contribution < 1.29 is 4.79 Å². The summed E-state index contributed by atoms with van der Waals surface area (Å²) < 4.78 is 0. The van der Waals surface area contributed by atoms with Crippen LogP contribution in [0.15, 0.2) is 60.7 Å². The lowest BCUT2D eigenvalue weighted by atomic mass is 9.97. The van der Waals surface area contributed by atoms with E-state index in [2.05, 4.69) is 31.2 Å². The lowest BCUT2D eigenvalue weighted by Gasteiger charge is -2.24. The molecule has 3 nitrogen and oxygen atoms in total. The number of carbonyl (C=O) groups is 1. The number of hydrogen-bond acceptors (Lipinski definition) is 2. The molecule has 3 heteroatoms. The highest BCUT2D eigenvalue weighted by molar-refractivity contribution is 5.77. The second kappa shape index (κ2) is 9.11. The highest BCUT2D eigenvalue weighted by Crippen LogP contribution is 2.19. The molecule has 0 aromatic heterocycles. The number of hydrogen-bond donors (Lipinski definition) is 1. The Hall–Kier alpha value is -2.13. The number of rotatable bonds is 8. The molecule has 0 spiro atoms. The molecule has 1 atom stereocenters. The maximum atomic E-state index is 12.6. The Morgan fingerprint density at radius 1 is 1.00 bits per heavy atom. The molecule has 1 unspecified atom stereocenters. The van der Waals surface area contributed by atoms with Gasteiger partial charge in [-0.15, -0.1) is 0 Å². The highest BCUT2D eigenvalue weighted by atomic mass is 16.2. The fraction of sp³-hybridized carbons (Fsp3) is 0.350. The largest absolute Gasteiger partial charge is 0.341 e. The summed E-state index contributed by atoms with van der Waals surface area (Å²) in [6.07, 6.45) is 1.39. The Morgan fingerprint density at radius 2 is 1.61 bits per heavy atom. The van der Waals surface area contributed by atoms with Crippen molar-refractivity contribution in [1.29, 1.82) is 0 Å². The number of carbonyl (C=O) groups excluding carboxylic acids is 1. The van der Waals surface area contributed by atoms with E-state index in [1.807, 2.05) is 41.3 Å². The van der Waals surface area contributed by atoms with Crippen LogP contribution in [0.5, 0.6) is 0 Å². The lowest BCUT2D eigenvalue weighted by Crippen LogP contribution is -2.37. The second-order valence-corrected chi connectivity index (χ2v) is 5.92. The van der Waals surface area contributed by atoms with Gasteiger partial charge < -0.3 is 10.6 Å². The van der Waals surface area contributed by atoms with E-state index in [1.165, 1.54) is 11.1 Å². The number of amides is 1. The molecule has 2 rings (SSSR count). The van der Waals surface area contributed by atoms with Gasteiger partial charge in [-0.25, -0.2) is 0 Å². The van der Waals surface area contributed by atoms with Gasteiger partial charge in [0.1, 0.15) is 0 Å². The molecular formula is C20H26N2O. The Balaban J connectivity index is 1.92. The summed E-state index contributed by atoms with van der Waals surface area (Å²) >= 11 is 0. The first-order valence-corrected chi connectivity index (χ1v) is 8.27. The van der Waals surface area contributed by atoms with Crippen molar-refractivity contribution in [2.24, 2.45) is 5.73 Å². The summed E-state index contributed by atoms with van der Waals surface area (Å²) in [6, 6.07) is 20.4. The molecule has 1 amide bonds. The first-order valence-electron chi connectivity index (χ1n) is 8.27. The summed E-state index contributed by atoms with van der Waals surface area (Å²) in [5.41, 5.74) is 8.14. The van der Waals surface area contributed by atoms with Crippen LogP contribution in [0.4, 0.5) is 0 Å². The minimum atomic E-state index is 0.183. The maximum absolute atomic E-state index is 12.6. The molecule has 0 aliphatic rings. The molecule has 2 aromatic rings. The van der Waals surface area contributed by atoms with Crippen LogP contribution in [-0.2, 0) is 11.2 Å². The standard InChI is InChI=1S/C20H26N2O/c1-17(19-10-6-3-7-11-19)16-20(23)22(15-13-21)14-12-18-8-4-2-5-9-18/h2-11,17H,12-16,21H2,1H3. The summed E-state index contributed by atoms with van der Waals surface area (Å²) in [7, 11) is 0. The van der Waals surface area contributed by atoms with Crippen LogP contribution in [0, 0.1) is 0 Å². The Morgan fingerprint density at radius 3 is 2.22 bits per heavy atom. The molecular weight excluding hydrogens is 284 g/mol. The molecule has 0 heterocycles. The van der Waals surface area contributed by atoms with Crippen LogP contribution in [0.1, 0.15) is 30.4 Å². The lowest BCUT2D eigenvalue weighted by molar-refractivity contribution is -0.131. The van der Waals surface area contributed by atoms with Gasteiger partial charge in [-0.3, -0.25) is 4.79 Å². The number of nitrogens with zero attached hydrogens (tertiary/aromatic N) is 1. The van der Waals surface area contributed by atoms with Gasteiger partial charge >= 0.3 is 0 Å². The van der Waals surface area contributed by atoms with Crippen LogP contribution < -0.4 is 5.73 Å². The van der Waals surface area contributed by atoms with E-state index < -0.39 is 0 Å². The van der Waals surface area contributed by atoms with Crippen molar-refractivity contribution >= 4 is 5.91 Å². The first-order chi connectivity index (χ1) is 11.2. The van der Waals surface area contributed by atoms with E-state index >= 15 is 0 Å². The van der Waals surface area contributed by atoms with Crippen LogP contribution in [0.2, 0.25) is 0 Å². The Bertz CT molecular complexity index is 583. The van der Waals surface area contributed by atoms with Crippen molar-refractivity contribution in [3.05, 3.63) is 71.8 Å². The van der Waals surface area contributed by atoms with Crippen LogP contribution in [0.3, 0.4) is 0 Å². The van der Waals surface area contributed by atoms with Crippen LogP contribution in [0.25, 0.3) is 0 Å². The van der Waals surface area contributed by atoms with Gasteiger partial charge in [0.25, 0.3) is 0 Å². The molecule has 2 aromatic carbocycles. The molecule has 0 radical (unpaired) electrons. The van der Waals surface area contributed by atoms with Crippen molar-refractivity contribution in [3.8, 4) is 0 Å². The number of benzene rings is 2. The average molecular weight is 310 g/mol. The molecule has 0 saturated heterocycles. The van der Waals surface area contributed by atoms with Gasteiger partial charge in [0.2, 0.25) is 5.91 Å². The second-order valence-electron chi connectivity index (χ2n) is 5.92.